The van der Waals surface area contributed by atoms with Crippen molar-refractivity contribution in [3.8, 4) is 0 Å². The highest BCUT2D eigenvalue weighted by Crippen LogP contribution is 2.19. The van der Waals surface area contributed by atoms with Gasteiger partial charge >= 0.3 is 0 Å². The number of hydrogen-bond donors (Lipinski definition) is 1. The Hall–Kier alpha value is -0.930. The first kappa shape index (κ1) is 15.5. The van der Waals surface area contributed by atoms with Crippen molar-refractivity contribution in [1.29, 1.82) is 0 Å². The molecule has 2 atom stereocenters. The maximum Gasteiger partial charge on any atom is 0.0547 e. The number of pyridine rings is 1. The summed E-state index contributed by atoms with van der Waals surface area (Å²) in [6.07, 6.45) is 2.52. The zero-order valence-electron chi connectivity index (χ0n) is 13.4. The number of aromatic nitrogens is 1. The lowest BCUT2D eigenvalue weighted by Gasteiger charge is -2.42. The van der Waals surface area contributed by atoms with E-state index < -0.39 is 0 Å². The molecule has 1 aromatic heterocycles. The van der Waals surface area contributed by atoms with Crippen LogP contribution in [0.2, 0.25) is 0 Å². The predicted octanol–water partition coefficient (Wildman–Crippen LogP) is 2.99. The maximum atomic E-state index is 4.67. The molecule has 112 valence electrons. The molecule has 0 aliphatic carbocycles. The van der Waals surface area contributed by atoms with Crippen molar-refractivity contribution in [2.24, 2.45) is 5.92 Å². The first-order valence-electron chi connectivity index (χ1n) is 8.00. The number of nitrogens with one attached hydrogen (secondary N) is 1. The molecule has 1 N–H and O–H groups in total. The minimum Gasteiger partial charge on any atom is -0.311 e. The van der Waals surface area contributed by atoms with Crippen LogP contribution in [0.25, 0.3) is 0 Å². The lowest BCUT2D eigenvalue weighted by atomic mass is 9.97. The topological polar surface area (TPSA) is 28.2 Å². The molecule has 0 saturated carbocycles. The second-order valence-electron chi connectivity index (χ2n) is 6.40. The Bertz CT molecular complexity index is 416. The summed E-state index contributed by atoms with van der Waals surface area (Å²) in [6.45, 7) is 12.2. The highest BCUT2D eigenvalue weighted by molar-refractivity contribution is 5.10. The van der Waals surface area contributed by atoms with Crippen molar-refractivity contribution in [2.75, 3.05) is 13.1 Å². The highest BCUT2D eigenvalue weighted by Gasteiger charge is 2.29. The summed E-state index contributed by atoms with van der Waals surface area (Å²) in [5.74, 6) is 0.676. The van der Waals surface area contributed by atoms with Crippen molar-refractivity contribution in [3.05, 3.63) is 29.6 Å². The zero-order chi connectivity index (χ0) is 14.5. The molecule has 1 fully saturated rings. The van der Waals surface area contributed by atoms with E-state index in [1.165, 1.54) is 18.5 Å². The fourth-order valence-corrected chi connectivity index (χ4v) is 3.18. The Morgan fingerprint density at radius 3 is 2.85 bits per heavy atom. The van der Waals surface area contributed by atoms with E-state index >= 15 is 0 Å². The molecule has 1 aliphatic heterocycles. The molecule has 2 unspecified atom stereocenters. The molecule has 3 nitrogen and oxygen atoms in total. The van der Waals surface area contributed by atoms with E-state index in [4.69, 9.17) is 0 Å². The highest BCUT2D eigenvalue weighted by atomic mass is 15.2. The molecule has 1 saturated heterocycles. The van der Waals surface area contributed by atoms with Crippen LogP contribution in [0.4, 0.5) is 0 Å². The average molecular weight is 275 g/mol. The van der Waals surface area contributed by atoms with Gasteiger partial charge in [0.1, 0.15) is 0 Å². The third-order valence-corrected chi connectivity index (χ3v) is 4.26. The van der Waals surface area contributed by atoms with E-state index in [1.807, 2.05) is 0 Å². The fourth-order valence-electron chi connectivity index (χ4n) is 3.18. The smallest absolute Gasteiger partial charge is 0.0547 e. The molecule has 0 amide bonds. The summed E-state index contributed by atoms with van der Waals surface area (Å²) in [6, 6.07) is 7.60. The van der Waals surface area contributed by atoms with E-state index in [-0.39, 0.29) is 0 Å². The largest absolute Gasteiger partial charge is 0.311 e. The van der Waals surface area contributed by atoms with Gasteiger partial charge in [0.15, 0.2) is 0 Å². The zero-order valence-corrected chi connectivity index (χ0v) is 13.4. The van der Waals surface area contributed by atoms with Gasteiger partial charge in [-0.15, -0.1) is 0 Å². The van der Waals surface area contributed by atoms with Gasteiger partial charge in [-0.1, -0.05) is 33.3 Å². The lowest BCUT2D eigenvalue weighted by molar-refractivity contribution is 0.0872. The van der Waals surface area contributed by atoms with Gasteiger partial charge in [-0.05, 0) is 31.4 Å². The van der Waals surface area contributed by atoms with Crippen LogP contribution in [0, 0.1) is 12.8 Å². The molecule has 1 aromatic rings. The van der Waals surface area contributed by atoms with Crippen LogP contribution in [0.15, 0.2) is 18.2 Å². The van der Waals surface area contributed by atoms with Crippen LogP contribution in [0.3, 0.4) is 0 Å². The van der Waals surface area contributed by atoms with Gasteiger partial charge in [-0.3, -0.25) is 9.88 Å². The number of nitrogens with zero attached hydrogens (tertiary/aromatic N) is 2. The van der Waals surface area contributed by atoms with Crippen molar-refractivity contribution in [1.82, 2.24) is 15.2 Å². The van der Waals surface area contributed by atoms with Gasteiger partial charge in [0.2, 0.25) is 0 Å². The molecule has 20 heavy (non-hydrogen) atoms. The number of rotatable bonds is 5. The average Bonchev–Trinajstić information content (AvgIpc) is 2.39. The summed E-state index contributed by atoms with van der Waals surface area (Å²) in [5.41, 5.74) is 2.32. The minimum atomic E-state index is 0.616. The normalized spacial score (nSPS) is 24.2. The molecule has 1 aliphatic rings. The third-order valence-electron chi connectivity index (χ3n) is 4.26. The van der Waals surface area contributed by atoms with Crippen molar-refractivity contribution < 1.29 is 0 Å². The van der Waals surface area contributed by atoms with Crippen molar-refractivity contribution in [2.45, 2.75) is 59.2 Å². The summed E-state index contributed by atoms with van der Waals surface area (Å²) >= 11 is 0. The van der Waals surface area contributed by atoms with Crippen LogP contribution < -0.4 is 5.32 Å². The molecule has 3 heteroatoms. The second-order valence-corrected chi connectivity index (χ2v) is 6.40. The van der Waals surface area contributed by atoms with Gasteiger partial charge in [0.25, 0.3) is 0 Å². The van der Waals surface area contributed by atoms with E-state index in [0.717, 1.165) is 25.3 Å². The quantitative estimate of drug-likeness (QED) is 0.895. The van der Waals surface area contributed by atoms with Crippen LogP contribution in [-0.2, 0) is 6.54 Å². The summed E-state index contributed by atoms with van der Waals surface area (Å²) in [7, 11) is 0. The lowest BCUT2D eigenvalue weighted by Crippen LogP contribution is -2.57. The molecule has 0 aromatic carbocycles. The second kappa shape index (κ2) is 7.19. The van der Waals surface area contributed by atoms with E-state index in [0.29, 0.717) is 18.0 Å². The van der Waals surface area contributed by atoms with Crippen LogP contribution in [0.5, 0.6) is 0 Å². The Balaban J connectivity index is 2.06. The first-order valence-corrected chi connectivity index (χ1v) is 8.00. The Labute approximate surface area is 123 Å². The van der Waals surface area contributed by atoms with Crippen molar-refractivity contribution in [3.63, 3.8) is 0 Å². The van der Waals surface area contributed by atoms with E-state index in [1.54, 1.807) is 0 Å². The van der Waals surface area contributed by atoms with Gasteiger partial charge < -0.3 is 5.32 Å². The Morgan fingerprint density at radius 1 is 1.40 bits per heavy atom. The molecular formula is C17H29N3. The van der Waals surface area contributed by atoms with Crippen LogP contribution in [-0.4, -0.2) is 35.1 Å². The van der Waals surface area contributed by atoms with E-state index in [2.05, 4.69) is 61.1 Å². The number of piperazine rings is 1. The molecular weight excluding hydrogens is 246 g/mol. The summed E-state index contributed by atoms with van der Waals surface area (Å²) < 4.78 is 0. The maximum absolute atomic E-state index is 4.67. The predicted molar refractivity (Wildman–Crippen MR) is 84.7 cm³/mol. The number of aryl methyl sites for hydroxylation is 1. The molecule has 0 radical (unpaired) electrons. The van der Waals surface area contributed by atoms with Gasteiger partial charge in [0, 0.05) is 37.4 Å². The van der Waals surface area contributed by atoms with Crippen LogP contribution >= 0.6 is 0 Å². The molecule has 0 bridgehead atoms. The van der Waals surface area contributed by atoms with E-state index in [9.17, 15) is 0 Å². The molecule has 2 heterocycles. The Kier molecular flexibility index (Phi) is 5.55. The van der Waals surface area contributed by atoms with Crippen molar-refractivity contribution >= 4 is 0 Å². The standard InChI is InChI=1S/C17H29N3/c1-5-7-15-11-20(17(10-18-15)13(2)3)12-16-9-6-8-14(4)19-16/h6,8-9,13,15,17-18H,5,7,10-12H2,1-4H3. The first-order chi connectivity index (χ1) is 9.60. The SMILES string of the molecule is CCCC1CN(Cc2cccc(C)n2)C(C(C)C)CN1. The third kappa shape index (κ3) is 4.03. The molecule has 0 spiro atoms. The summed E-state index contributed by atoms with van der Waals surface area (Å²) in [5, 5.41) is 3.72. The molecule has 2 rings (SSSR count). The van der Waals surface area contributed by atoms with Gasteiger partial charge in [-0.25, -0.2) is 0 Å². The monoisotopic (exact) mass is 275 g/mol. The number of hydrogen-bond acceptors (Lipinski definition) is 3. The van der Waals surface area contributed by atoms with Gasteiger partial charge in [0.05, 0.1) is 5.69 Å². The minimum absolute atomic E-state index is 0.616. The summed E-state index contributed by atoms with van der Waals surface area (Å²) in [4.78, 5) is 7.30. The Morgan fingerprint density at radius 2 is 2.20 bits per heavy atom. The van der Waals surface area contributed by atoms with Gasteiger partial charge in [-0.2, -0.15) is 0 Å². The fraction of sp³-hybridized carbons (Fsp3) is 0.706. The van der Waals surface area contributed by atoms with Crippen LogP contribution in [0.1, 0.15) is 45.0 Å².